The smallest absolute Gasteiger partial charge is 0.0314 e. The summed E-state index contributed by atoms with van der Waals surface area (Å²) in [7, 11) is 0. The molecule has 0 aromatic rings. The summed E-state index contributed by atoms with van der Waals surface area (Å²) in [5, 5.41) is 3.72. The van der Waals surface area contributed by atoms with Crippen LogP contribution < -0.4 is 11.1 Å². The highest BCUT2D eigenvalue weighted by Crippen LogP contribution is 2.49. The lowest BCUT2D eigenvalue weighted by atomic mass is 9.58. The van der Waals surface area contributed by atoms with Crippen molar-refractivity contribution in [2.24, 2.45) is 16.6 Å². The first-order valence-corrected chi connectivity index (χ1v) is 6.69. The average molecular weight is 226 g/mol. The van der Waals surface area contributed by atoms with Gasteiger partial charge in [0.2, 0.25) is 0 Å². The van der Waals surface area contributed by atoms with Gasteiger partial charge in [0.05, 0.1) is 0 Å². The fraction of sp³-hybridized carbons (Fsp3) is 1.00. The zero-order valence-electron chi connectivity index (χ0n) is 11.8. The summed E-state index contributed by atoms with van der Waals surface area (Å²) < 4.78 is 0. The molecule has 0 amide bonds. The third kappa shape index (κ3) is 3.46. The Morgan fingerprint density at radius 1 is 1.00 bits per heavy atom. The van der Waals surface area contributed by atoms with Gasteiger partial charge in [-0.2, -0.15) is 0 Å². The van der Waals surface area contributed by atoms with Crippen LogP contribution in [0.2, 0.25) is 0 Å². The molecule has 0 aromatic heterocycles. The van der Waals surface area contributed by atoms with E-state index in [-0.39, 0.29) is 5.54 Å². The second kappa shape index (κ2) is 4.66. The third-order valence-corrected chi connectivity index (χ3v) is 3.73. The fourth-order valence-corrected chi connectivity index (χ4v) is 4.05. The lowest BCUT2D eigenvalue weighted by Crippen LogP contribution is -2.59. The first-order chi connectivity index (χ1) is 7.24. The summed E-state index contributed by atoms with van der Waals surface area (Å²) in [4.78, 5) is 0. The van der Waals surface area contributed by atoms with Gasteiger partial charge < -0.3 is 11.1 Å². The number of nitrogens with two attached hydrogens (primary N) is 1. The van der Waals surface area contributed by atoms with E-state index in [0.717, 1.165) is 13.1 Å². The maximum Gasteiger partial charge on any atom is 0.0314 e. The minimum Gasteiger partial charge on any atom is -0.329 e. The Kier molecular flexibility index (Phi) is 4.07. The third-order valence-electron chi connectivity index (χ3n) is 3.73. The molecule has 1 aliphatic carbocycles. The monoisotopic (exact) mass is 226 g/mol. The van der Waals surface area contributed by atoms with E-state index in [1.165, 1.54) is 25.7 Å². The van der Waals surface area contributed by atoms with Crippen molar-refractivity contribution in [1.82, 2.24) is 5.32 Å². The normalized spacial score (nSPS) is 26.6. The molecule has 1 aliphatic rings. The standard InChI is InChI=1S/C14H30N2/c1-6-7-16-14(11-15)9-12(2,3)8-13(4,5)10-14/h16H,6-11,15H2,1-5H3. The number of hydrogen-bond acceptors (Lipinski definition) is 2. The summed E-state index contributed by atoms with van der Waals surface area (Å²) in [6, 6.07) is 0. The zero-order chi connectivity index (χ0) is 12.4. The van der Waals surface area contributed by atoms with Crippen molar-refractivity contribution in [1.29, 1.82) is 0 Å². The molecule has 1 saturated carbocycles. The van der Waals surface area contributed by atoms with Gasteiger partial charge in [-0.15, -0.1) is 0 Å². The van der Waals surface area contributed by atoms with E-state index in [4.69, 9.17) is 5.73 Å². The first kappa shape index (κ1) is 14.0. The van der Waals surface area contributed by atoms with Crippen molar-refractivity contribution in [3.63, 3.8) is 0 Å². The predicted molar refractivity (Wildman–Crippen MR) is 71.5 cm³/mol. The Morgan fingerprint density at radius 2 is 1.50 bits per heavy atom. The van der Waals surface area contributed by atoms with Crippen LogP contribution >= 0.6 is 0 Å². The van der Waals surface area contributed by atoms with E-state index in [1.807, 2.05) is 0 Å². The maximum absolute atomic E-state index is 6.06. The quantitative estimate of drug-likeness (QED) is 0.773. The second-order valence-corrected chi connectivity index (χ2v) is 7.27. The Hall–Kier alpha value is -0.0800. The summed E-state index contributed by atoms with van der Waals surface area (Å²) in [6.07, 6.45) is 4.90. The predicted octanol–water partition coefficient (Wildman–Crippen LogP) is 2.92. The van der Waals surface area contributed by atoms with E-state index < -0.39 is 0 Å². The highest BCUT2D eigenvalue weighted by molar-refractivity contribution is 5.03. The molecule has 0 aromatic carbocycles. The topological polar surface area (TPSA) is 38.0 Å². The van der Waals surface area contributed by atoms with Crippen LogP contribution in [-0.2, 0) is 0 Å². The molecule has 1 rings (SSSR count). The Labute approximate surface area is 101 Å². The van der Waals surface area contributed by atoms with Crippen LogP contribution in [0.25, 0.3) is 0 Å². The highest BCUT2D eigenvalue weighted by atomic mass is 15.0. The van der Waals surface area contributed by atoms with E-state index >= 15 is 0 Å². The van der Waals surface area contributed by atoms with Gasteiger partial charge in [-0.05, 0) is 43.1 Å². The van der Waals surface area contributed by atoms with Crippen LogP contribution in [0.3, 0.4) is 0 Å². The Balaban J connectivity index is 2.83. The van der Waals surface area contributed by atoms with Crippen molar-refractivity contribution in [2.75, 3.05) is 13.1 Å². The molecule has 1 fully saturated rings. The summed E-state index contributed by atoms with van der Waals surface area (Å²) in [5.74, 6) is 0. The number of nitrogens with one attached hydrogen (secondary N) is 1. The van der Waals surface area contributed by atoms with Crippen LogP contribution in [0.4, 0.5) is 0 Å². The van der Waals surface area contributed by atoms with Gasteiger partial charge in [0.15, 0.2) is 0 Å². The van der Waals surface area contributed by atoms with Gasteiger partial charge in [-0.3, -0.25) is 0 Å². The molecule has 0 atom stereocenters. The summed E-state index contributed by atoms with van der Waals surface area (Å²) in [5.41, 5.74) is 7.04. The van der Waals surface area contributed by atoms with Gasteiger partial charge in [-0.25, -0.2) is 0 Å². The van der Waals surface area contributed by atoms with Crippen molar-refractivity contribution < 1.29 is 0 Å². The first-order valence-electron chi connectivity index (χ1n) is 6.69. The van der Waals surface area contributed by atoms with E-state index in [9.17, 15) is 0 Å². The lowest BCUT2D eigenvalue weighted by Gasteiger charge is -2.52. The van der Waals surface area contributed by atoms with Gasteiger partial charge in [0.1, 0.15) is 0 Å². The van der Waals surface area contributed by atoms with Crippen LogP contribution in [0.15, 0.2) is 0 Å². The SMILES string of the molecule is CCCNC1(CN)CC(C)(C)CC(C)(C)C1. The number of rotatable bonds is 4. The molecular formula is C14H30N2. The molecule has 0 radical (unpaired) electrons. The molecule has 2 nitrogen and oxygen atoms in total. The molecule has 0 heterocycles. The molecule has 0 spiro atoms. The van der Waals surface area contributed by atoms with Gasteiger partial charge >= 0.3 is 0 Å². The average Bonchev–Trinajstić information content (AvgIpc) is 2.10. The van der Waals surface area contributed by atoms with E-state index in [0.29, 0.717) is 10.8 Å². The van der Waals surface area contributed by atoms with Crippen molar-refractivity contribution >= 4 is 0 Å². The minimum absolute atomic E-state index is 0.168. The largest absolute Gasteiger partial charge is 0.329 e. The summed E-state index contributed by atoms with van der Waals surface area (Å²) in [6.45, 7) is 13.6. The molecule has 0 unspecified atom stereocenters. The van der Waals surface area contributed by atoms with Crippen LogP contribution in [0, 0.1) is 10.8 Å². The molecule has 0 bridgehead atoms. The Bertz CT molecular complexity index is 215. The van der Waals surface area contributed by atoms with Gasteiger partial charge in [-0.1, -0.05) is 34.6 Å². The van der Waals surface area contributed by atoms with E-state index in [1.54, 1.807) is 0 Å². The van der Waals surface area contributed by atoms with Gasteiger partial charge in [0.25, 0.3) is 0 Å². The lowest BCUT2D eigenvalue weighted by molar-refractivity contribution is 0.0327. The van der Waals surface area contributed by atoms with Crippen LogP contribution in [0.1, 0.15) is 60.3 Å². The van der Waals surface area contributed by atoms with Crippen molar-refractivity contribution in [3.8, 4) is 0 Å². The summed E-state index contributed by atoms with van der Waals surface area (Å²) >= 11 is 0. The Morgan fingerprint density at radius 3 is 1.88 bits per heavy atom. The highest BCUT2D eigenvalue weighted by Gasteiger charge is 2.46. The maximum atomic E-state index is 6.06. The molecule has 0 saturated heterocycles. The fourth-order valence-electron chi connectivity index (χ4n) is 4.05. The molecular weight excluding hydrogens is 196 g/mol. The molecule has 3 N–H and O–H groups in total. The zero-order valence-corrected chi connectivity index (χ0v) is 11.8. The van der Waals surface area contributed by atoms with Crippen molar-refractivity contribution in [3.05, 3.63) is 0 Å². The molecule has 96 valence electrons. The van der Waals surface area contributed by atoms with Crippen molar-refractivity contribution in [2.45, 2.75) is 65.8 Å². The van der Waals surface area contributed by atoms with Crippen LogP contribution in [0.5, 0.6) is 0 Å². The molecule has 2 heteroatoms. The van der Waals surface area contributed by atoms with Crippen LogP contribution in [-0.4, -0.2) is 18.6 Å². The minimum atomic E-state index is 0.168. The second-order valence-electron chi connectivity index (χ2n) is 7.27. The number of hydrogen-bond donors (Lipinski definition) is 2. The van der Waals surface area contributed by atoms with E-state index in [2.05, 4.69) is 39.9 Å². The molecule has 0 aliphatic heterocycles. The molecule has 16 heavy (non-hydrogen) atoms. The van der Waals surface area contributed by atoms with Gasteiger partial charge in [0, 0.05) is 12.1 Å².